The molecule has 6 heteroatoms. The fourth-order valence-electron chi connectivity index (χ4n) is 5.18. The zero-order valence-electron chi connectivity index (χ0n) is 18.1. The van der Waals surface area contributed by atoms with Gasteiger partial charge in [0.05, 0.1) is 11.1 Å². The quantitative estimate of drug-likeness (QED) is 0.662. The Hall–Kier alpha value is -2.86. The van der Waals surface area contributed by atoms with Gasteiger partial charge in [-0.15, -0.1) is 0 Å². The fraction of sp³-hybridized carbons (Fsp3) is 0.440. The van der Waals surface area contributed by atoms with E-state index in [4.69, 9.17) is 0 Å². The van der Waals surface area contributed by atoms with Gasteiger partial charge in [-0.1, -0.05) is 12.1 Å². The van der Waals surface area contributed by atoms with E-state index in [0.29, 0.717) is 17.1 Å². The summed E-state index contributed by atoms with van der Waals surface area (Å²) < 4.78 is 0. The van der Waals surface area contributed by atoms with E-state index < -0.39 is 0 Å². The van der Waals surface area contributed by atoms with Crippen molar-refractivity contribution >= 4 is 29.2 Å². The lowest BCUT2D eigenvalue weighted by Gasteiger charge is -2.26. The number of hydrogen-bond donors (Lipinski definition) is 3. The van der Waals surface area contributed by atoms with Crippen LogP contribution in [-0.2, 0) is 4.79 Å². The second kappa shape index (κ2) is 8.35. The van der Waals surface area contributed by atoms with E-state index in [2.05, 4.69) is 21.7 Å². The Kier molecular flexibility index (Phi) is 5.40. The average molecular weight is 419 g/mol. The normalized spacial score (nSPS) is 20.7. The molecule has 6 nitrogen and oxygen atoms in total. The predicted molar refractivity (Wildman–Crippen MR) is 123 cm³/mol. The van der Waals surface area contributed by atoms with Gasteiger partial charge in [-0.05, 0) is 81.3 Å². The van der Waals surface area contributed by atoms with Crippen LogP contribution in [0.15, 0.2) is 24.4 Å². The summed E-state index contributed by atoms with van der Waals surface area (Å²) in [6.07, 6.45) is 9.22. The van der Waals surface area contributed by atoms with E-state index in [0.717, 1.165) is 74.4 Å². The number of rotatable bonds is 3. The zero-order chi connectivity index (χ0) is 21.4. The minimum atomic E-state index is -0.0747. The highest BCUT2D eigenvalue weighted by molar-refractivity contribution is 6.35. The van der Waals surface area contributed by atoms with Crippen LogP contribution in [0, 0.1) is 6.92 Å². The molecule has 0 bridgehead atoms. The van der Waals surface area contributed by atoms with Crippen LogP contribution in [-0.4, -0.2) is 47.9 Å². The highest BCUT2D eigenvalue weighted by Crippen LogP contribution is 2.41. The lowest BCUT2D eigenvalue weighted by molar-refractivity contribution is -0.110. The van der Waals surface area contributed by atoms with E-state index in [1.165, 1.54) is 12.0 Å². The molecule has 3 aliphatic heterocycles. The molecule has 2 fully saturated rings. The van der Waals surface area contributed by atoms with Crippen LogP contribution < -0.4 is 10.6 Å². The molecular formula is C25H30N4O2. The first-order valence-electron chi connectivity index (χ1n) is 11.5. The largest absolute Gasteiger partial charge is 0.361 e. The highest BCUT2D eigenvalue weighted by atomic mass is 16.2. The van der Waals surface area contributed by atoms with Gasteiger partial charge in [0.2, 0.25) is 0 Å². The van der Waals surface area contributed by atoms with Crippen molar-refractivity contribution < 1.29 is 9.59 Å². The van der Waals surface area contributed by atoms with Crippen molar-refractivity contribution in [2.45, 2.75) is 44.9 Å². The summed E-state index contributed by atoms with van der Waals surface area (Å²) >= 11 is 0. The fourth-order valence-corrected chi connectivity index (χ4v) is 5.18. The Bertz CT molecular complexity index is 1040. The molecule has 31 heavy (non-hydrogen) atoms. The number of nitrogens with zero attached hydrogens (tertiary/aromatic N) is 1. The highest BCUT2D eigenvalue weighted by Gasteiger charge is 2.30. The number of H-pyrrole nitrogens is 1. The molecule has 3 N–H and O–H groups in total. The van der Waals surface area contributed by atoms with Crippen molar-refractivity contribution in [1.82, 2.24) is 15.2 Å². The Morgan fingerprint density at radius 2 is 1.90 bits per heavy atom. The van der Waals surface area contributed by atoms with Gasteiger partial charge < -0.3 is 20.5 Å². The summed E-state index contributed by atoms with van der Waals surface area (Å²) in [6, 6.07) is 6.18. The van der Waals surface area contributed by atoms with Gasteiger partial charge in [0.1, 0.15) is 0 Å². The number of anilines is 1. The molecule has 0 saturated carbocycles. The van der Waals surface area contributed by atoms with Crippen LogP contribution in [0.5, 0.6) is 0 Å². The smallest absolute Gasteiger partial charge is 0.256 e. The van der Waals surface area contributed by atoms with Gasteiger partial charge >= 0.3 is 0 Å². The lowest BCUT2D eigenvalue weighted by atomic mass is 9.85. The molecule has 1 aromatic heterocycles. The van der Waals surface area contributed by atoms with Crippen LogP contribution in [0.25, 0.3) is 11.6 Å². The molecule has 1 aromatic carbocycles. The number of fused-ring (bicyclic) bond motifs is 1. The lowest BCUT2D eigenvalue weighted by Crippen LogP contribution is -2.35. The molecule has 2 aromatic rings. The van der Waals surface area contributed by atoms with Crippen LogP contribution in [0.3, 0.4) is 0 Å². The number of carbonyl (C=O) groups is 2. The molecular weight excluding hydrogens is 388 g/mol. The van der Waals surface area contributed by atoms with E-state index >= 15 is 0 Å². The number of likely N-dealkylation sites (tertiary alicyclic amines) is 1. The average Bonchev–Trinajstić information content (AvgIpc) is 3.34. The SMILES string of the molecule is Cc1c(C(=O)N2CCCCC2)c[nH]c1/C=C1\C(=O)Nc2cccc(C3CCNCC3)c21. The van der Waals surface area contributed by atoms with E-state index in [9.17, 15) is 9.59 Å². The number of nitrogens with one attached hydrogen (secondary N) is 3. The number of carbonyl (C=O) groups excluding carboxylic acids is 2. The predicted octanol–water partition coefficient (Wildman–Crippen LogP) is 3.91. The summed E-state index contributed by atoms with van der Waals surface area (Å²) in [4.78, 5) is 31.1. The minimum Gasteiger partial charge on any atom is -0.361 e. The van der Waals surface area contributed by atoms with E-state index in [-0.39, 0.29) is 11.8 Å². The maximum atomic E-state index is 13.0. The standard InChI is InChI=1S/C25H30N4O2/c1-16-20(25(31)29-12-3-2-4-13-29)15-27-22(16)14-19-23-18(17-8-10-26-11-9-17)6-5-7-21(23)28-24(19)30/h5-7,14-15,17,26-27H,2-4,8-13H2,1H3,(H,28,30)/b19-14-. The maximum absolute atomic E-state index is 13.0. The van der Waals surface area contributed by atoms with Gasteiger partial charge in [-0.25, -0.2) is 0 Å². The second-order valence-corrected chi connectivity index (χ2v) is 8.90. The first kappa shape index (κ1) is 20.1. The third-order valence-electron chi connectivity index (χ3n) is 6.98. The summed E-state index contributed by atoms with van der Waals surface area (Å²) in [7, 11) is 0. The van der Waals surface area contributed by atoms with Crippen LogP contribution in [0.2, 0.25) is 0 Å². The molecule has 0 spiro atoms. The van der Waals surface area contributed by atoms with Crippen molar-refractivity contribution in [1.29, 1.82) is 0 Å². The number of aromatic amines is 1. The molecule has 4 heterocycles. The molecule has 2 saturated heterocycles. The molecule has 0 radical (unpaired) electrons. The van der Waals surface area contributed by atoms with Crippen molar-refractivity contribution in [3.63, 3.8) is 0 Å². The summed E-state index contributed by atoms with van der Waals surface area (Å²) in [5.74, 6) is 0.465. The Balaban J connectivity index is 1.49. The van der Waals surface area contributed by atoms with Gasteiger partial charge in [0.25, 0.3) is 11.8 Å². The molecule has 0 aliphatic carbocycles. The topological polar surface area (TPSA) is 77.2 Å². The van der Waals surface area contributed by atoms with Crippen molar-refractivity contribution in [2.24, 2.45) is 0 Å². The first-order valence-corrected chi connectivity index (χ1v) is 11.5. The van der Waals surface area contributed by atoms with Gasteiger partial charge in [0, 0.05) is 36.2 Å². The third kappa shape index (κ3) is 3.69. The monoisotopic (exact) mass is 418 g/mol. The van der Waals surface area contributed by atoms with Gasteiger partial charge in [-0.2, -0.15) is 0 Å². The number of benzene rings is 1. The minimum absolute atomic E-state index is 0.0747. The van der Waals surface area contributed by atoms with Crippen molar-refractivity contribution in [3.05, 3.63) is 52.3 Å². The van der Waals surface area contributed by atoms with E-state index in [1.54, 1.807) is 6.20 Å². The van der Waals surface area contributed by atoms with Crippen LogP contribution in [0.1, 0.15) is 70.8 Å². The molecule has 0 unspecified atom stereocenters. The van der Waals surface area contributed by atoms with Crippen molar-refractivity contribution in [3.8, 4) is 0 Å². The Morgan fingerprint density at radius 3 is 2.68 bits per heavy atom. The first-order chi connectivity index (χ1) is 15.1. The number of hydrogen-bond acceptors (Lipinski definition) is 3. The zero-order valence-corrected chi connectivity index (χ0v) is 18.1. The second-order valence-electron chi connectivity index (χ2n) is 8.90. The van der Waals surface area contributed by atoms with Gasteiger partial charge in [-0.3, -0.25) is 9.59 Å². The number of piperidine rings is 2. The molecule has 3 aliphatic rings. The third-order valence-corrected chi connectivity index (χ3v) is 6.98. The number of amides is 2. The maximum Gasteiger partial charge on any atom is 0.256 e. The molecule has 2 amide bonds. The van der Waals surface area contributed by atoms with Crippen LogP contribution >= 0.6 is 0 Å². The van der Waals surface area contributed by atoms with Gasteiger partial charge in [0.15, 0.2) is 0 Å². The number of aromatic nitrogens is 1. The molecule has 162 valence electrons. The van der Waals surface area contributed by atoms with Crippen molar-refractivity contribution in [2.75, 3.05) is 31.5 Å². The molecule has 5 rings (SSSR count). The molecule has 0 atom stereocenters. The summed E-state index contributed by atoms with van der Waals surface area (Å²) in [5, 5.41) is 6.46. The summed E-state index contributed by atoms with van der Waals surface area (Å²) in [6.45, 7) is 5.63. The summed E-state index contributed by atoms with van der Waals surface area (Å²) in [5.41, 5.74) is 6.29. The Morgan fingerprint density at radius 1 is 1.13 bits per heavy atom. The van der Waals surface area contributed by atoms with Crippen LogP contribution in [0.4, 0.5) is 5.69 Å². The van der Waals surface area contributed by atoms with E-state index in [1.807, 2.05) is 30.0 Å². The Labute approximate surface area is 183 Å².